The zero-order valence-corrected chi connectivity index (χ0v) is 38.9. The van der Waals surface area contributed by atoms with Crippen LogP contribution in [-0.2, 0) is 21.7 Å². The van der Waals surface area contributed by atoms with E-state index in [2.05, 4.69) is 274 Å². The predicted molar refractivity (Wildman–Crippen MR) is 267 cm³/mol. The Morgan fingerprint density at radius 2 is 0.359 bits per heavy atom. The molecule has 1 aliphatic rings. The molecule has 4 aromatic rings. The van der Waals surface area contributed by atoms with Crippen molar-refractivity contribution in [2.24, 2.45) is 0 Å². The van der Waals surface area contributed by atoms with Crippen molar-refractivity contribution in [2.75, 3.05) is 0 Å². The number of hydrogen-bond donors (Lipinski definition) is 0. The van der Waals surface area contributed by atoms with E-state index < -0.39 is 0 Å². The third kappa shape index (κ3) is 13.8. The molecule has 5 rings (SSSR count). The molecule has 0 amide bonds. The van der Waals surface area contributed by atoms with Crippen LogP contribution >= 0.6 is 0 Å². The lowest BCUT2D eigenvalue weighted by atomic mass is 9.85. The van der Waals surface area contributed by atoms with Crippen LogP contribution in [-0.4, -0.2) is 0 Å². The molecule has 0 spiro atoms. The number of fused-ring (bicyclic) bond motifs is 4. The summed E-state index contributed by atoms with van der Waals surface area (Å²) in [7, 11) is 0. The SMILES string of the molecule is CC(C)(C)c1ccc2c(c1)C#CC#CC#CC#Cc1cc(C(C)(C)C)ccc1C#CC#Cc1ccc(C(C)(C)C)cc1C#CC#CC#CC#Cc1cc(C(C)(C)C)ccc1C#CC#C2. The predicted octanol–water partition coefficient (Wildman–Crippen LogP) is 10.8. The van der Waals surface area contributed by atoms with Crippen molar-refractivity contribution in [1.29, 1.82) is 0 Å². The molecule has 0 radical (unpaired) electrons. The molecule has 0 saturated heterocycles. The molecule has 0 bridgehead atoms. The second-order valence-electron chi connectivity index (χ2n) is 19.0. The Hall–Kier alpha value is -8.40. The Bertz CT molecular complexity index is 2880. The lowest BCUT2D eigenvalue weighted by molar-refractivity contribution is 0.590. The van der Waals surface area contributed by atoms with Gasteiger partial charge in [-0.1, -0.05) is 155 Å². The van der Waals surface area contributed by atoms with Crippen LogP contribution in [0.3, 0.4) is 0 Å². The first-order valence-corrected chi connectivity index (χ1v) is 21.0. The summed E-state index contributed by atoms with van der Waals surface area (Å²) in [6.07, 6.45) is 0. The fourth-order valence-electron chi connectivity index (χ4n) is 5.93. The summed E-state index contributed by atoms with van der Waals surface area (Å²) in [6, 6.07) is 24.5. The molecule has 64 heavy (non-hydrogen) atoms. The highest BCUT2D eigenvalue weighted by molar-refractivity contribution is 5.61. The van der Waals surface area contributed by atoms with Crippen molar-refractivity contribution in [1.82, 2.24) is 0 Å². The average molecular weight is 817 g/mol. The molecular weight excluding hydrogens is 769 g/mol. The second kappa shape index (κ2) is 20.4. The van der Waals surface area contributed by atoms with E-state index in [4.69, 9.17) is 0 Å². The highest BCUT2D eigenvalue weighted by Gasteiger charge is 2.17. The molecule has 0 heterocycles. The average Bonchev–Trinajstić information content (AvgIpc) is 3.22. The van der Waals surface area contributed by atoms with Gasteiger partial charge in [-0.3, -0.25) is 0 Å². The van der Waals surface area contributed by atoms with Crippen molar-refractivity contribution in [2.45, 2.75) is 105 Å². The largest absolute Gasteiger partial charge is 0.0572 e. The molecule has 0 aromatic heterocycles. The maximum atomic E-state index is 3.21. The number of benzene rings is 4. The molecule has 0 unspecified atom stereocenters. The zero-order chi connectivity index (χ0) is 46.4. The summed E-state index contributed by atoms with van der Waals surface area (Å²) in [5, 5.41) is 0. The second-order valence-corrected chi connectivity index (χ2v) is 19.0. The monoisotopic (exact) mass is 816 g/mol. The standard InChI is InChI=1S/C64H48/c1-61(2,3)57-41-37-49-29-25-26-30-50-38-42-58(62(4,5)6)46-54(50)35-23-19-15-16-20-24-36-56-48-60(64(10,11)12)44-40-52(56)32-28-27-31-51-39-43-59(63(7,8)9)47-55(51)34-22-18-14-13-17-21-33-53(49)45-57/h37-48H,1-12H3. The first-order valence-electron chi connectivity index (χ1n) is 21.0. The molecule has 0 fully saturated rings. The molecule has 0 nitrogen and oxygen atoms in total. The summed E-state index contributed by atoms with van der Waals surface area (Å²) in [6.45, 7) is 26.0. The van der Waals surface area contributed by atoms with Gasteiger partial charge in [-0.2, -0.15) is 0 Å². The third-order valence-corrected chi connectivity index (χ3v) is 9.87. The van der Waals surface area contributed by atoms with Gasteiger partial charge in [-0.05, 0) is 187 Å². The van der Waals surface area contributed by atoms with Crippen molar-refractivity contribution >= 4 is 0 Å². The fraction of sp³-hybridized carbons (Fsp3) is 0.250. The van der Waals surface area contributed by atoms with Crippen LogP contribution in [0.2, 0.25) is 0 Å². The van der Waals surface area contributed by atoms with Gasteiger partial charge in [0.25, 0.3) is 0 Å². The van der Waals surface area contributed by atoms with Crippen molar-refractivity contribution in [3.05, 3.63) is 140 Å². The smallest absolute Gasteiger partial charge is 0.0415 e. The van der Waals surface area contributed by atoms with Gasteiger partial charge >= 0.3 is 0 Å². The number of hydrogen-bond acceptors (Lipinski definition) is 0. The van der Waals surface area contributed by atoms with Gasteiger partial charge in [-0.15, -0.1) is 0 Å². The summed E-state index contributed by atoms with van der Waals surface area (Å²) in [4.78, 5) is 0. The summed E-state index contributed by atoms with van der Waals surface area (Å²) in [5.41, 5.74) is 10.3. The van der Waals surface area contributed by atoms with Gasteiger partial charge in [-0.25, -0.2) is 0 Å². The van der Waals surface area contributed by atoms with Gasteiger partial charge < -0.3 is 0 Å². The lowest BCUT2D eigenvalue weighted by Crippen LogP contribution is -2.11. The highest BCUT2D eigenvalue weighted by atomic mass is 14.2. The molecule has 0 heteroatoms. The zero-order valence-electron chi connectivity index (χ0n) is 38.9. The maximum absolute atomic E-state index is 3.21. The normalized spacial score (nSPS) is 11.4. The van der Waals surface area contributed by atoms with Crippen LogP contribution < -0.4 is 0 Å². The van der Waals surface area contributed by atoms with E-state index in [1.54, 1.807) is 0 Å². The lowest BCUT2D eigenvalue weighted by Gasteiger charge is -2.19. The molecule has 0 atom stereocenters. The van der Waals surface area contributed by atoms with Gasteiger partial charge in [0.05, 0.1) is 0 Å². The van der Waals surface area contributed by atoms with Crippen LogP contribution in [0.1, 0.15) is 150 Å². The van der Waals surface area contributed by atoms with E-state index in [0.29, 0.717) is 0 Å². The maximum Gasteiger partial charge on any atom is 0.0415 e. The number of rotatable bonds is 0. The molecule has 0 aliphatic heterocycles. The van der Waals surface area contributed by atoms with Gasteiger partial charge in [0.1, 0.15) is 0 Å². The van der Waals surface area contributed by atoms with Crippen LogP contribution in [0.25, 0.3) is 0 Å². The summed E-state index contributed by atoms with van der Waals surface area (Å²) >= 11 is 0. The van der Waals surface area contributed by atoms with Gasteiger partial charge in [0.2, 0.25) is 0 Å². The van der Waals surface area contributed by atoms with E-state index >= 15 is 0 Å². The quantitative estimate of drug-likeness (QED) is 0.155. The van der Waals surface area contributed by atoms with Gasteiger partial charge in [0.15, 0.2) is 0 Å². The highest BCUT2D eigenvalue weighted by Crippen LogP contribution is 2.27. The minimum absolute atomic E-state index is 0.0812. The Kier molecular flexibility index (Phi) is 14.9. The van der Waals surface area contributed by atoms with Crippen LogP contribution in [0.15, 0.2) is 72.8 Å². The molecule has 304 valence electrons. The Labute approximate surface area is 384 Å². The Morgan fingerprint density at radius 3 is 0.547 bits per heavy atom. The van der Waals surface area contributed by atoms with E-state index in [1.165, 1.54) is 0 Å². The minimum atomic E-state index is -0.0812. The van der Waals surface area contributed by atoms with Crippen molar-refractivity contribution in [3.8, 4) is 142 Å². The van der Waals surface area contributed by atoms with Crippen LogP contribution in [0.5, 0.6) is 0 Å². The first kappa shape index (κ1) is 46.7. The first-order chi connectivity index (χ1) is 30.3. The summed E-state index contributed by atoms with van der Waals surface area (Å²) < 4.78 is 0. The topological polar surface area (TPSA) is 0 Å². The van der Waals surface area contributed by atoms with E-state index in [-0.39, 0.29) is 21.7 Å². The van der Waals surface area contributed by atoms with Crippen LogP contribution in [0.4, 0.5) is 0 Å². The van der Waals surface area contributed by atoms with E-state index in [1.807, 2.05) is 24.3 Å². The molecule has 0 saturated carbocycles. The Balaban J connectivity index is 1.65. The van der Waals surface area contributed by atoms with Crippen molar-refractivity contribution in [3.63, 3.8) is 0 Å². The molecule has 1 aliphatic carbocycles. The van der Waals surface area contributed by atoms with Crippen LogP contribution in [0, 0.1) is 142 Å². The molecule has 0 N–H and O–H groups in total. The van der Waals surface area contributed by atoms with E-state index in [0.717, 1.165) is 66.8 Å². The molecule has 4 aromatic carbocycles. The summed E-state index contributed by atoms with van der Waals surface area (Å²) in [5.74, 6) is 72.3. The fourth-order valence-corrected chi connectivity index (χ4v) is 5.93. The third-order valence-electron chi connectivity index (χ3n) is 9.87. The minimum Gasteiger partial charge on any atom is -0.0572 e. The Morgan fingerprint density at radius 1 is 0.203 bits per heavy atom. The van der Waals surface area contributed by atoms with Gasteiger partial charge in [0, 0.05) is 44.5 Å². The van der Waals surface area contributed by atoms with E-state index in [9.17, 15) is 0 Å². The molecular formula is C64H48. The van der Waals surface area contributed by atoms with Crippen molar-refractivity contribution < 1.29 is 0 Å².